The van der Waals surface area contributed by atoms with Crippen molar-refractivity contribution in [3.63, 3.8) is 0 Å². The van der Waals surface area contributed by atoms with Gasteiger partial charge in [0.05, 0.1) is 0 Å². The van der Waals surface area contributed by atoms with E-state index >= 15 is 0 Å². The lowest BCUT2D eigenvalue weighted by atomic mass is 9.97. The van der Waals surface area contributed by atoms with Crippen LogP contribution in [0.2, 0.25) is 0 Å². The van der Waals surface area contributed by atoms with Gasteiger partial charge in [0.25, 0.3) is 0 Å². The van der Waals surface area contributed by atoms with Gasteiger partial charge < -0.3 is 5.32 Å². The zero-order valence-electron chi connectivity index (χ0n) is 12.0. The molecule has 0 bridgehead atoms. The lowest BCUT2D eigenvalue weighted by Crippen LogP contribution is -2.22. The van der Waals surface area contributed by atoms with Crippen molar-refractivity contribution in [2.75, 3.05) is 0 Å². The summed E-state index contributed by atoms with van der Waals surface area (Å²) < 4.78 is 26.8. The quantitative estimate of drug-likeness (QED) is 0.870. The van der Waals surface area contributed by atoms with Crippen molar-refractivity contribution in [1.29, 1.82) is 0 Å². The fraction of sp³-hybridized carbons (Fsp3) is 0.294. The average Bonchev–Trinajstić information content (AvgIpc) is 2.40. The first-order chi connectivity index (χ1) is 9.47. The fourth-order valence-electron chi connectivity index (χ4n) is 2.12. The molecule has 2 aromatic rings. The van der Waals surface area contributed by atoms with E-state index in [1.807, 2.05) is 13.8 Å². The third-order valence-electron chi connectivity index (χ3n) is 3.24. The highest BCUT2D eigenvalue weighted by Crippen LogP contribution is 2.26. The highest BCUT2D eigenvalue weighted by molar-refractivity contribution is 5.68. The number of halogens is 2. The van der Waals surface area contributed by atoms with Crippen molar-refractivity contribution < 1.29 is 8.78 Å². The number of nitrogens with one attached hydrogen (secondary N) is 1. The van der Waals surface area contributed by atoms with E-state index in [2.05, 4.69) is 5.32 Å². The first-order valence-corrected chi connectivity index (χ1v) is 6.75. The summed E-state index contributed by atoms with van der Waals surface area (Å²) in [5, 5.41) is 3.28. The molecule has 0 unspecified atom stereocenters. The third-order valence-corrected chi connectivity index (χ3v) is 3.24. The summed E-state index contributed by atoms with van der Waals surface area (Å²) in [4.78, 5) is 0. The first-order valence-electron chi connectivity index (χ1n) is 6.75. The van der Waals surface area contributed by atoms with Crippen LogP contribution in [0.3, 0.4) is 0 Å². The van der Waals surface area contributed by atoms with Gasteiger partial charge in [-0.15, -0.1) is 0 Å². The molecule has 0 saturated carbocycles. The molecule has 3 heteroatoms. The van der Waals surface area contributed by atoms with Crippen molar-refractivity contribution in [2.45, 2.75) is 33.4 Å². The van der Waals surface area contributed by atoms with Crippen molar-refractivity contribution in [3.8, 4) is 11.1 Å². The molecule has 0 atom stereocenters. The Kier molecular flexibility index (Phi) is 4.50. The van der Waals surface area contributed by atoms with E-state index in [4.69, 9.17) is 0 Å². The second kappa shape index (κ2) is 6.14. The van der Waals surface area contributed by atoms with Crippen molar-refractivity contribution >= 4 is 0 Å². The summed E-state index contributed by atoms with van der Waals surface area (Å²) >= 11 is 0. The van der Waals surface area contributed by atoms with Crippen molar-refractivity contribution in [1.82, 2.24) is 5.32 Å². The molecule has 0 aromatic heterocycles. The highest BCUT2D eigenvalue weighted by Gasteiger charge is 2.09. The maximum Gasteiger partial charge on any atom is 0.126 e. The van der Waals surface area contributed by atoms with Crippen LogP contribution < -0.4 is 5.32 Å². The van der Waals surface area contributed by atoms with E-state index in [-0.39, 0.29) is 11.6 Å². The summed E-state index contributed by atoms with van der Waals surface area (Å²) in [6.45, 7) is 6.40. The van der Waals surface area contributed by atoms with Gasteiger partial charge in [0.15, 0.2) is 0 Å². The smallest absolute Gasteiger partial charge is 0.126 e. The average molecular weight is 275 g/mol. The van der Waals surface area contributed by atoms with Crippen molar-refractivity contribution in [2.24, 2.45) is 0 Å². The van der Waals surface area contributed by atoms with Crippen LogP contribution in [-0.4, -0.2) is 6.04 Å². The zero-order chi connectivity index (χ0) is 14.7. The Hall–Kier alpha value is -1.74. The molecule has 1 nitrogen and oxygen atoms in total. The largest absolute Gasteiger partial charge is 0.310 e. The predicted octanol–water partition coefficient (Wildman–Crippen LogP) is 4.44. The lowest BCUT2D eigenvalue weighted by molar-refractivity contribution is 0.582. The Morgan fingerprint density at radius 2 is 1.80 bits per heavy atom. The molecule has 1 N–H and O–H groups in total. The van der Waals surface area contributed by atoms with Gasteiger partial charge in [0, 0.05) is 12.6 Å². The minimum Gasteiger partial charge on any atom is -0.310 e. The van der Waals surface area contributed by atoms with Gasteiger partial charge in [-0.1, -0.05) is 26.0 Å². The summed E-state index contributed by atoms with van der Waals surface area (Å²) in [5.41, 5.74) is 3.31. The Morgan fingerprint density at radius 3 is 2.45 bits per heavy atom. The predicted molar refractivity (Wildman–Crippen MR) is 78.5 cm³/mol. The van der Waals surface area contributed by atoms with E-state index in [1.165, 1.54) is 18.2 Å². The third kappa shape index (κ3) is 3.42. The van der Waals surface area contributed by atoms with E-state index < -0.39 is 0 Å². The van der Waals surface area contributed by atoms with E-state index in [1.54, 1.807) is 25.1 Å². The maximum atomic E-state index is 13.4. The monoisotopic (exact) mass is 275 g/mol. The molecule has 0 spiro atoms. The number of hydrogen-bond donors (Lipinski definition) is 1. The van der Waals surface area contributed by atoms with Gasteiger partial charge in [-0.3, -0.25) is 0 Å². The van der Waals surface area contributed by atoms with Gasteiger partial charge in [-0.05, 0) is 53.4 Å². The molecular weight excluding hydrogens is 256 g/mol. The summed E-state index contributed by atoms with van der Waals surface area (Å²) in [6.07, 6.45) is 0. The molecule has 2 rings (SSSR count). The molecule has 20 heavy (non-hydrogen) atoms. The fourth-order valence-corrected chi connectivity index (χ4v) is 2.12. The topological polar surface area (TPSA) is 12.0 Å². The Bertz CT molecular complexity index is 606. The van der Waals surface area contributed by atoms with Gasteiger partial charge in [0.1, 0.15) is 11.6 Å². The number of aryl methyl sites for hydroxylation is 1. The SMILES string of the molecule is Cc1cc(-c2ccc(F)cc2CNC(C)C)ccc1F. The Balaban J connectivity index is 2.41. The van der Waals surface area contributed by atoms with Crippen LogP contribution in [0.4, 0.5) is 8.78 Å². The molecule has 0 heterocycles. The van der Waals surface area contributed by atoms with Crippen LogP contribution in [-0.2, 0) is 6.54 Å². The molecule has 106 valence electrons. The number of rotatable bonds is 4. The number of hydrogen-bond acceptors (Lipinski definition) is 1. The van der Waals surface area contributed by atoms with E-state index in [0.29, 0.717) is 18.2 Å². The molecule has 0 radical (unpaired) electrons. The molecule has 0 fully saturated rings. The van der Waals surface area contributed by atoms with Crippen LogP contribution in [0.25, 0.3) is 11.1 Å². The maximum absolute atomic E-state index is 13.4. The van der Waals surface area contributed by atoms with Gasteiger partial charge in [-0.25, -0.2) is 8.78 Å². The van der Waals surface area contributed by atoms with E-state index in [0.717, 1.165) is 16.7 Å². The molecule has 0 aliphatic heterocycles. The molecule has 0 amide bonds. The van der Waals surface area contributed by atoms with Crippen LogP contribution >= 0.6 is 0 Å². The summed E-state index contributed by atoms with van der Waals surface area (Å²) in [5.74, 6) is -0.481. The second-order valence-corrected chi connectivity index (χ2v) is 5.30. The van der Waals surface area contributed by atoms with Gasteiger partial charge in [0.2, 0.25) is 0 Å². The lowest BCUT2D eigenvalue weighted by Gasteiger charge is -2.13. The molecule has 0 aliphatic rings. The molecule has 0 aliphatic carbocycles. The molecule has 2 aromatic carbocycles. The standard InChI is InChI=1S/C17H19F2N/c1-11(2)20-10-14-9-15(18)5-6-16(14)13-4-7-17(19)12(3)8-13/h4-9,11,20H,10H2,1-3H3. The highest BCUT2D eigenvalue weighted by atomic mass is 19.1. The Morgan fingerprint density at radius 1 is 1.05 bits per heavy atom. The van der Waals surface area contributed by atoms with Gasteiger partial charge >= 0.3 is 0 Å². The molecule has 0 saturated heterocycles. The minimum absolute atomic E-state index is 0.224. The molecular formula is C17H19F2N. The van der Waals surface area contributed by atoms with Crippen LogP contribution in [0.15, 0.2) is 36.4 Å². The van der Waals surface area contributed by atoms with Crippen LogP contribution in [0, 0.1) is 18.6 Å². The number of benzene rings is 2. The second-order valence-electron chi connectivity index (χ2n) is 5.30. The van der Waals surface area contributed by atoms with Crippen LogP contribution in [0.1, 0.15) is 25.0 Å². The minimum atomic E-state index is -0.256. The van der Waals surface area contributed by atoms with Crippen molar-refractivity contribution in [3.05, 3.63) is 59.2 Å². The van der Waals surface area contributed by atoms with Crippen LogP contribution in [0.5, 0.6) is 0 Å². The van der Waals surface area contributed by atoms with E-state index in [9.17, 15) is 8.78 Å². The summed E-state index contributed by atoms with van der Waals surface area (Å²) in [6, 6.07) is 10.0. The first kappa shape index (κ1) is 14.7. The zero-order valence-corrected chi connectivity index (χ0v) is 12.0. The summed E-state index contributed by atoms with van der Waals surface area (Å²) in [7, 11) is 0. The Labute approximate surface area is 118 Å². The van der Waals surface area contributed by atoms with Gasteiger partial charge in [-0.2, -0.15) is 0 Å². The normalized spacial score (nSPS) is 11.1.